The number of imidazole rings is 1. The smallest absolute Gasteiger partial charge is 0.187 e. The van der Waals surface area contributed by atoms with Crippen LogP contribution in [0.4, 0.5) is 0 Å². The van der Waals surface area contributed by atoms with E-state index in [1.807, 2.05) is 7.05 Å². The molecule has 1 aromatic heterocycles. The van der Waals surface area contributed by atoms with Gasteiger partial charge in [-0.15, -0.1) is 0 Å². The van der Waals surface area contributed by atoms with E-state index in [0.717, 1.165) is 25.7 Å². The van der Waals surface area contributed by atoms with Gasteiger partial charge in [-0.25, -0.2) is 4.98 Å². The molecule has 1 fully saturated rings. The van der Waals surface area contributed by atoms with Crippen LogP contribution in [-0.4, -0.2) is 21.4 Å². The highest BCUT2D eigenvalue weighted by Crippen LogP contribution is 2.25. The zero-order valence-electron chi connectivity index (χ0n) is 9.02. The van der Waals surface area contributed by atoms with Gasteiger partial charge in [-0.3, -0.25) is 4.79 Å². The Labute approximate surface area is 89.5 Å². The van der Waals surface area contributed by atoms with Crippen LogP contribution in [0.25, 0.3) is 0 Å². The molecule has 2 atom stereocenters. The molecule has 2 rings (SSSR count). The van der Waals surface area contributed by atoms with E-state index in [0.29, 0.717) is 5.69 Å². The second kappa shape index (κ2) is 4.14. The molecular weight excluding hydrogens is 190 g/mol. The third kappa shape index (κ3) is 2.09. The molecule has 1 saturated carbocycles. The summed E-state index contributed by atoms with van der Waals surface area (Å²) in [5.74, 6) is 0.0939. The van der Waals surface area contributed by atoms with Gasteiger partial charge in [-0.05, 0) is 12.8 Å². The molecule has 82 valence electrons. The monoisotopic (exact) mass is 207 g/mol. The fourth-order valence-electron chi connectivity index (χ4n) is 2.22. The number of aromatic nitrogens is 2. The molecule has 0 aromatic carbocycles. The molecule has 4 nitrogen and oxygen atoms in total. The Morgan fingerprint density at radius 2 is 2.27 bits per heavy atom. The van der Waals surface area contributed by atoms with Crippen molar-refractivity contribution in [3.05, 3.63) is 18.2 Å². The lowest BCUT2D eigenvalue weighted by atomic mass is 9.81. The lowest BCUT2D eigenvalue weighted by molar-refractivity contribution is 0.0866. The Bertz CT molecular complexity index is 358. The molecule has 0 aliphatic heterocycles. The molecule has 2 N–H and O–H groups in total. The first-order valence-corrected chi connectivity index (χ1v) is 5.46. The molecular formula is C11H17N3O. The number of carbonyl (C=O) groups is 1. The Hall–Kier alpha value is -1.16. The molecule has 4 heteroatoms. The molecule has 1 aliphatic rings. The van der Waals surface area contributed by atoms with Gasteiger partial charge in [0.15, 0.2) is 5.78 Å². The average Bonchev–Trinajstić information content (AvgIpc) is 2.65. The highest BCUT2D eigenvalue weighted by atomic mass is 16.1. The number of hydrogen-bond acceptors (Lipinski definition) is 3. The van der Waals surface area contributed by atoms with Crippen molar-refractivity contribution in [3.63, 3.8) is 0 Å². The second-order valence-electron chi connectivity index (χ2n) is 4.34. The highest BCUT2D eigenvalue weighted by molar-refractivity contribution is 5.96. The summed E-state index contributed by atoms with van der Waals surface area (Å²) >= 11 is 0. The lowest BCUT2D eigenvalue weighted by Crippen LogP contribution is -2.38. The van der Waals surface area contributed by atoms with Crippen LogP contribution in [0, 0.1) is 5.92 Å². The van der Waals surface area contributed by atoms with E-state index in [9.17, 15) is 4.79 Å². The van der Waals surface area contributed by atoms with Crippen LogP contribution in [0.2, 0.25) is 0 Å². The summed E-state index contributed by atoms with van der Waals surface area (Å²) in [7, 11) is 1.87. The van der Waals surface area contributed by atoms with E-state index in [1.54, 1.807) is 17.1 Å². The van der Waals surface area contributed by atoms with E-state index in [-0.39, 0.29) is 17.7 Å². The molecule has 1 aliphatic carbocycles. The van der Waals surface area contributed by atoms with Crippen molar-refractivity contribution < 1.29 is 4.79 Å². The van der Waals surface area contributed by atoms with Crippen LogP contribution in [0.5, 0.6) is 0 Å². The zero-order chi connectivity index (χ0) is 10.8. The zero-order valence-corrected chi connectivity index (χ0v) is 9.02. The standard InChI is InChI=1S/C11H17N3O/c1-14-6-10(13-7-14)11(15)8-4-2-3-5-9(8)12/h6-9H,2-5,12H2,1H3. The van der Waals surface area contributed by atoms with Crippen molar-refractivity contribution in [2.24, 2.45) is 18.7 Å². The van der Waals surface area contributed by atoms with Crippen LogP contribution in [0.15, 0.2) is 12.5 Å². The van der Waals surface area contributed by atoms with Crippen molar-refractivity contribution in [2.75, 3.05) is 0 Å². The number of carbonyl (C=O) groups excluding carboxylic acids is 1. The molecule has 0 radical (unpaired) electrons. The largest absolute Gasteiger partial charge is 0.340 e. The molecule has 0 amide bonds. The maximum Gasteiger partial charge on any atom is 0.187 e. The Morgan fingerprint density at radius 1 is 1.53 bits per heavy atom. The number of Topliss-reactive ketones (excluding diaryl/α,β-unsaturated/α-hetero) is 1. The first-order chi connectivity index (χ1) is 7.18. The van der Waals surface area contributed by atoms with Gasteiger partial charge < -0.3 is 10.3 Å². The average molecular weight is 207 g/mol. The van der Waals surface area contributed by atoms with Crippen LogP contribution < -0.4 is 5.73 Å². The first kappa shape index (κ1) is 10.4. The summed E-state index contributed by atoms with van der Waals surface area (Å²) in [6, 6.07) is 0.0215. The van der Waals surface area contributed by atoms with Crippen molar-refractivity contribution in [3.8, 4) is 0 Å². The van der Waals surface area contributed by atoms with Crippen LogP contribution in [0.3, 0.4) is 0 Å². The second-order valence-corrected chi connectivity index (χ2v) is 4.34. The quantitative estimate of drug-likeness (QED) is 0.739. The molecule has 1 aromatic rings. The summed E-state index contributed by atoms with van der Waals surface area (Å²) in [6.07, 6.45) is 7.55. The van der Waals surface area contributed by atoms with E-state index in [1.165, 1.54) is 0 Å². The predicted molar refractivity (Wildman–Crippen MR) is 57.5 cm³/mol. The van der Waals surface area contributed by atoms with Crippen molar-refractivity contribution >= 4 is 5.78 Å². The van der Waals surface area contributed by atoms with Crippen LogP contribution in [0.1, 0.15) is 36.2 Å². The Kier molecular flexibility index (Phi) is 2.86. The number of nitrogens with zero attached hydrogens (tertiary/aromatic N) is 2. The summed E-state index contributed by atoms with van der Waals surface area (Å²) < 4.78 is 1.79. The van der Waals surface area contributed by atoms with Gasteiger partial charge in [-0.2, -0.15) is 0 Å². The van der Waals surface area contributed by atoms with Gasteiger partial charge in [0.1, 0.15) is 5.69 Å². The highest BCUT2D eigenvalue weighted by Gasteiger charge is 2.29. The SMILES string of the molecule is Cn1cnc(C(=O)C2CCCCC2N)c1. The summed E-state index contributed by atoms with van der Waals surface area (Å²) in [5.41, 5.74) is 6.52. The summed E-state index contributed by atoms with van der Waals surface area (Å²) in [5, 5.41) is 0. The van der Waals surface area contributed by atoms with Gasteiger partial charge >= 0.3 is 0 Å². The van der Waals surface area contributed by atoms with Gasteiger partial charge in [-0.1, -0.05) is 12.8 Å². The number of hydrogen-bond donors (Lipinski definition) is 1. The van der Waals surface area contributed by atoms with Gasteiger partial charge in [0, 0.05) is 25.2 Å². The third-order valence-electron chi connectivity index (χ3n) is 3.11. The van der Waals surface area contributed by atoms with Crippen molar-refractivity contribution in [1.29, 1.82) is 0 Å². The fourth-order valence-corrected chi connectivity index (χ4v) is 2.22. The first-order valence-electron chi connectivity index (χ1n) is 5.46. The molecule has 1 heterocycles. The maximum atomic E-state index is 12.1. The molecule has 0 bridgehead atoms. The van der Waals surface area contributed by atoms with Gasteiger partial charge in [0.05, 0.1) is 6.33 Å². The third-order valence-corrected chi connectivity index (χ3v) is 3.11. The minimum Gasteiger partial charge on any atom is -0.340 e. The molecule has 0 saturated heterocycles. The summed E-state index contributed by atoms with van der Waals surface area (Å²) in [4.78, 5) is 16.2. The minimum atomic E-state index is -0.0198. The molecule has 0 spiro atoms. The fraction of sp³-hybridized carbons (Fsp3) is 0.636. The molecule has 15 heavy (non-hydrogen) atoms. The minimum absolute atomic E-state index is 0.0198. The molecule has 2 unspecified atom stereocenters. The van der Waals surface area contributed by atoms with E-state index >= 15 is 0 Å². The lowest BCUT2D eigenvalue weighted by Gasteiger charge is -2.26. The normalized spacial score (nSPS) is 26.5. The van der Waals surface area contributed by atoms with E-state index in [4.69, 9.17) is 5.73 Å². The van der Waals surface area contributed by atoms with Crippen molar-refractivity contribution in [1.82, 2.24) is 9.55 Å². The van der Waals surface area contributed by atoms with Gasteiger partial charge in [0.2, 0.25) is 0 Å². The Morgan fingerprint density at radius 3 is 2.87 bits per heavy atom. The number of aryl methyl sites for hydroxylation is 1. The number of nitrogens with two attached hydrogens (primary N) is 1. The maximum absolute atomic E-state index is 12.1. The topological polar surface area (TPSA) is 60.9 Å². The summed E-state index contributed by atoms with van der Waals surface area (Å²) in [6.45, 7) is 0. The van der Waals surface area contributed by atoms with Gasteiger partial charge in [0.25, 0.3) is 0 Å². The van der Waals surface area contributed by atoms with Crippen LogP contribution in [-0.2, 0) is 7.05 Å². The predicted octanol–water partition coefficient (Wildman–Crippen LogP) is 1.12. The number of ketones is 1. The van der Waals surface area contributed by atoms with E-state index in [2.05, 4.69) is 4.98 Å². The number of rotatable bonds is 2. The van der Waals surface area contributed by atoms with E-state index < -0.39 is 0 Å². The van der Waals surface area contributed by atoms with Crippen molar-refractivity contribution in [2.45, 2.75) is 31.7 Å². The van der Waals surface area contributed by atoms with Crippen LogP contribution >= 0.6 is 0 Å². The Balaban J connectivity index is 2.13.